The van der Waals surface area contributed by atoms with E-state index in [2.05, 4.69) is 26.1 Å². The Morgan fingerprint density at radius 1 is 1.26 bits per heavy atom. The van der Waals surface area contributed by atoms with Gasteiger partial charge in [-0.1, -0.05) is 6.42 Å². The van der Waals surface area contributed by atoms with E-state index in [1.807, 2.05) is 11.1 Å². The molecule has 1 aromatic heterocycles. The van der Waals surface area contributed by atoms with Crippen LogP contribution in [-0.4, -0.2) is 58.3 Å². The SMILES string of the molecule is O=C(NCC1CN(CC2CCC2)Cc2ccnn21)N1CCCC1. The van der Waals surface area contributed by atoms with Gasteiger partial charge in [0, 0.05) is 45.5 Å². The molecular formula is C17H27N5O. The first-order valence-corrected chi connectivity index (χ1v) is 9.07. The summed E-state index contributed by atoms with van der Waals surface area (Å²) in [4.78, 5) is 16.7. The Balaban J connectivity index is 1.36. The summed E-state index contributed by atoms with van der Waals surface area (Å²) in [5, 5.41) is 7.61. The summed E-state index contributed by atoms with van der Waals surface area (Å²) in [5.41, 5.74) is 1.27. The second-order valence-corrected chi connectivity index (χ2v) is 7.29. The number of fused-ring (bicyclic) bond motifs is 1. The summed E-state index contributed by atoms with van der Waals surface area (Å²) in [5.74, 6) is 0.879. The van der Waals surface area contributed by atoms with E-state index in [0.717, 1.165) is 44.9 Å². The van der Waals surface area contributed by atoms with Gasteiger partial charge in [-0.15, -0.1) is 0 Å². The van der Waals surface area contributed by atoms with Gasteiger partial charge in [-0.3, -0.25) is 9.58 Å². The summed E-state index contributed by atoms with van der Waals surface area (Å²) in [6, 6.07) is 2.45. The normalized spacial score (nSPS) is 25.2. The van der Waals surface area contributed by atoms with Crippen LogP contribution in [0.3, 0.4) is 0 Å². The van der Waals surface area contributed by atoms with Gasteiger partial charge in [0.05, 0.1) is 11.7 Å². The van der Waals surface area contributed by atoms with Gasteiger partial charge in [0.15, 0.2) is 0 Å². The zero-order chi connectivity index (χ0) is 15.6. The number of likely N-dealkylation sites (tertiary alicyclic amines) is 1. The fourth-order valence-electron chi connectivity index (χ4n) is 4.03. The molecule has 2 amide bonds. The Kier molecular flexibility index (Phi) is 4.25. The number of hydrogen-bond donors (Lipinski definition) is 1. The zero-order valence-corrected chi connectivity index (χ0v) is 13.8. The maximum absolute atomic E-state index is 12.2. The van der Waals surface area contributed by atoms with Crippen LogP contribution in [0.15, 0.2) is 12.3 Å². The number of urea groups is 1. The molecule has 1 aromatic rings. The van der Waals surface area contributed by atoms with Crippen molar-refractivity contribution in [2.24, 2.45) is 5.92 Å². The Morgan fingerprint density at radius 2 is 2.09 bits per heavy atom. The third-order valence-electron chi connectivity index (χ3n) is 5.58. The van der Waals surface area contributed by atoms with Crippen LogP contribution in [0.4, 0.5) is 4.79 Å². The first kappa shape index (κ1) is 15.0. The van der Waals surface area contributed by atoms with E-state index in [1.54, 1.807) is 0 Å². The monoisotopic (exact) mass is 317 g/mol. The predicted molar refractivity (Wildman–Crippen MR) is 88.1 cm³/mol. The molecule has 1 aliphatic carbocycles. The van der Waals surface area contributed by atoms with Crippen molar-refractivity contribution in [1.82, 2.24) is 24.9 Å². The van der Waals surface area contributed by atoms with Crippen LogP contribution >= 0.6 is 0 Å². The van der Waals surface area contributed by atoms with Crippen molar-refractivity contribution in [3.8, 4) is 0 Å². The number of carbonyl (C=O) groups excluding carboxylic acids is 1. The second kappa shape index (κ2) is 6.51. The van der Waals surface area contributed by atoms with Gasteiger partial charge in [-0.2, -0.15) is 5.10 Å². The molecule has 1 unspecified atom stereocenters. The first-order chi connectivity index (χ1) is 11.3. The van der Waals surface area contributed by atoms with Crippen molar-refractivity contribution < 1.29 is 4.79 Å². The fraction of sp³-hybridized carbons (Fsp3) is 0.765. The van der Waals surface area contributed by atoms with Gasteiger partial charge in [-0.05, 0) is 37.7 Å². The molecule has 1 atom stereocenters. The Hall–Kier alpha value is -1.56. The van der Waals surface area contributed by atoms with Crippen molar-refractivity contribution in [2.45, 2.75) is 44.7 Å². The molecule has 1 saturated carbocycles. The molecule has 2 fully saturated rings. The number of hydrogen-bond acceptors (Lipinski definition) is 3. The molecular weight excluding hydrogens is 290 g/mol. The predicted octanol–water partition coefficient (Wildman–Crippen LogP) is 1.85. The van der Waals surface area contributed by atoms with Crippen LogP contribution in [0.1, 0.15) is 43.8 Å². The van der Waals surface area contributed by atoms with E-state index >= 15 is 0 Å². The summed E-state index contributed by atoms with van der Waals surface area (Å²) >= 11 is 0. The van der Waals surface area contributed by atoms with Crippen molar-refractivity contribution in [3.63, 3.8) is 0 Å². The average Bonchev–Trinajstić information content (AvgIpc) is 3.18. The molecule has 2 aliphatic heterocycles. The number of nitrogens with one attached hydrogen (secondary N) is 1. The van der Waals surface area contributed by atoms with Crippen molar-refractivity contribution in [1.29, 1.82) is 0 Å². The maximum Gasteiger partial charge on any atom is 0.317 e. The van der Waals surface area contributed by atoms with Gasteiger partial charge in [-0.25, -0.2) is 4.79 Å². The first-order valence-electron chi connectivity index (χ1n) is 9.07. The minimum atomic E-state index is 0.0901. The van der Waals surface area contributed by atoms with Gasteiger partial charge < -0.3 is 10.2 Å². The van der Waals surface area contributed by atoms with Crippen LogP contribution in [0.25, 0.3) is 0 Å². The van der Waals surface area contributed by atoms with E-state index in [-0.39, 0.29) is 12.1 Å². The van der Waals surface area contributed by atoms with E-state index in [4.69, 9.17) is 0 Å². The lowest BCUT2D eigenvalue weighted by atomic mass is 9.85. The van der Waals surface area contributed by atoms with E-state index in [1.165, 1.54) is 31.5 Å². The average molecular weight is 317 g/mol. The highest BCUT2D eigenvalue weighted by Gasteiger charge is 2.29. The summed E-state index contributed by atoms with van der Waals surface area (Å²) in [6.07, 6.45) is 8.31. The molecule has 0 radical (unpaired) electrons. The lowest BCUT2D eigenvalue weighted by Crippen LogP contribution is -2.47. The molecule has 0 bridgehead atoms. The Bertz CT molecular complexity index is 547. The minimum absolute atomic E-state index is 0.0901. The maximum atomic E-state index is 12.2. The van der Waals surface area contributed by atoms with Crippen LogP contribution in [0.2, 0.25) is 0 Å². The third-order valence-corrected chi connectivity index (χ3v) is 5.58. The molecule has 126 valence electrons. The zero-order valence-electron chi connectivity index (χ0n) is 13.8. The molecule has 3 heterocycles. The molecule has 1 saturated heterocycles. The largest absolute Gasteiger partial charge is 0.336 e. The number of amides is 2. The van der Waals surface area contributed by atoms with Crippen LogP contribution in [0, 0.1) is 5.92 Å². The van der Waals surface area contributed by atoms with Crippen molar-refractivity contribution in [2.75, 3.05) is 32.7 Å². The van der Waals surface area contributed by atoms with Gasteiger partial charge in [0.1, 0.15) is 0 Å². The van der Waals surface area contributed by atoms with E-state index < -0.39 is 0 Å². The standard InChI is InChI=1S/C17H27N5O/c23-17(21-8-1-2-9-21)18-10-16-13-20(11-14-4-3-5-14)12-15-6-7-19-22(15)16/h6-7,14,16H,1-5,8-13H2,(H,18,23). The lowest BCUT2D eigenvalue weighted by molar-refractivity contribution is 0.122. The van der Waals surface area contributed by atoms with Crippen LogP contribution < -0.4 is 5.32 Å². The minimum Gasteiger partial charge on any atom is -0.336 e. The summed E-state index contributed by atoms with van der Waals surface area (Å²) < 4.78 is 2.11. The highest BCUT2D eigenvalue weighted by molar-refractivity contribution is 5.74. The number of rotatable bonds is 4. The quantitative estimate of drug-likeness (QED) is 0.922. The Morgan fingerprint density at radius 3 is 2.83 bits per heavy atom. The van der Waals surface area contributed by atoms with Crippen molar-refractivity contribution >= 4 is 6.03 Å². The van der Waals surface area contributed by atoms with Crippen molar-refractivity contribution in [3.05, 3.63) is 18.0 Å². The van der Waals surface area contributed by atoms with E-state index in [9.17, 15) is 4.79 Å². The molecule has 6 heteroatoms. The molecule has 0 aromatic carbocycles. The fourth-order valence-corrected chi connectivity index (χ4v) is 4.03. The number of nitrogens with zero attached hydrogens (tertiary/aromatic N) is 4. The number of aromatic nitrogens is 2. The van der Waals surface area contributed by atoms with Gasteiger partial charge in [0.2, 0.25) is 0 Å². The molecule has 6 nitrogen and oxygen atoms in total. The molecule has 3 aliphatic rings. The van der Waals surface area contributed by atoms with Gasteiger partial charge >= 0.3 is 6.03 Å². The molecule has 23 heavy (non-hydrogen) atoms. The summed E-state index contributed by atoms with van der Waals surface area (Å²) in [7, 11) is 0. The summed E-state index contributed by atoms with van der Waals surface area (Å²) in [6.45, 7) is 5.65. The molecule has 0 spiro atoms. The topological polar surface area (TPSA) is 53.4 Å². The smallest absolute Gasteiger partial charge is 0.317 e. The Labute approximate surface area is 137 Å². The second-order valence-electron chi connectivity index (χ2n) is 7.29. The molecule has 4 rings (SSSR count). The highest BCUT2D eigenvalue weighted by Crippen LogP contribution is 2.29. The lowest BCUT2D eigenvalue weighted by Gasteiger charge is -2.38. The van der Waals surface area contributed by atoms with E-state index in [0.29, 0.717) is 6.54 Å². The highest BCUT2D eigenvalue weighted by atomic mass is 16.2. The van der Waals surface area contributed by atoms with Gasteiger partial charge in [0.25, 0.3) is 0 Å². The third kappa shape index (κ3) is 3.22. The number of carbonyl (C=O) groups is 1. The van der Waals surface area contributed by atoms with Crippen LogP contribution in [0.5, 0.6) is 0 Å². The van der Waals surface area contributed by atoms with Crippen LogP contribution in [-0.2, 0) is 6.54 Å². The molecule has 1 N–H and O–H groups in total.